The molecule has 1 saturated heterocycles. The van der Waals surface area contributed by atoms with Gasteiger partial charge in [0.05, 0.1) is 25.5 Å². The van der Waals surface area contributed by atoms with Gasteiger partial charge in [-0.1, -0.05) is 29.8 Å². The van der Waals surface area contributed by atoms with Gasteiger partial charge in [-0.15, -0.1) is 11.3 Å². The molecule has 0 spiro atoms. The molecule has 0 unspecified atom stereocenters. The first-order valence-electron chi connectivity index (χ1n) is 12.9. The molecule has 0 saturated carbocycles. The van der Waals surface area contributed by atoms with Crippen LogP contribution in [0.5, 0.6) is 5.75 Å². The Labute approximate surface area is 227 Å². The Kier molecular flexibility index (Phi) is 8.65. The van der Waals surface area contributed by atoms with Crippen LogP contribution in [0.4, 0.5) is 16.2 Å². The van der Waals surface area contributed by atoms with Crippen molar-refractivity contribution in [2.75, 3.05) is 50.1 Å². The fraction of sp³-hybridized carbons (Fsp3) is 0.267. The Balaban J connectivity index is 1.11. The van der Waals surface area contributed by atoms with E-state index in [1.165, 1.54) is 0 Å². The van der Waals surface area contributed by atoms with Crippen LogP contribution in [0.25, 0.3) is 21.8 Å². The van der Waals surface area contributed by atoms with Crippen molar-refractivity contribution in [3.05, 3.63) is 83.7 Å². The number of hydrogen-bond donors (Lipinski definition) is 2. The van der Waals surface area contributed by atoms with Gasteiger partial charge in [-0.2, -0.15) is 0 Å². The molecule has 2 amide bonds. The molecule has 196 valence electrons. The lowest BCUT2D eigenvalue weighted by Gasteiger charge is -2.26. The molecule has 8 heteroatoms. The molecule has 0 atom stereocenters. The van der Waals surface area contributed by atoms with Crippen LogP contribution in [0.3, 0.4) is 0 Å². The van der Waals surface area contributed by atoms with Gasteiger partial charge >= 0.3 is 6.03 Å². The number of aromatic nitrogens is 1. The first-order valence-corrected chi connectivity index (χ1v) is 13.7. The highest BCUT2D eigenvalue weighted by atomic mass is 32.1. The highest BCUT2D eigenvalue weighted by molar-refractivity contribution is 7.13. The van der Waals surface area contributed by atoms with E-state index in [2.05, 4.69) is 33.0 Å². The third-order valence-electron chi connectivity index (χ3n) is 6.34. The molecular weight excluding hydrogens is 496 g/mol. The summed E-state index contributed by atoms with van der Waals surface area (Å²) in [4.78, 5) is 19.5. The standard InChI is InChI=1S/C30H32N4O3S/c1-22-3-9-25(10-4-22)31-30(35)32-26-11-5-23(6-12-26)28-21-38-29(33-28)24-7-13-27(14-8-24)37-18-2-15-34-16-19-36-20-17-34/h3-14,21H,2,15-20H2,1H3,(H2,31,32,35). The van der Waals surface area contributed by atoms with E-state index in [0.29, 0.717) is 12.3 Å². The Hall–Kier alpha value is -3.72. The number of anilines is 2. The van der Waals surface area contributed by atoms with E-state index in [9.17, 15) is 4.79 Å². The van der Waals surface area contributed by atoms with Crippen molar-refractivity contribution < 1.29 is 14.3 Å². The third-order valence-corrected chi connectivity index (χ3v) is 7.24. The second-order valence-electron chi connectivity index (χ2n) is 9.24. The first kappa shape index (κ1) is 25.9. The van der Waals surface area contributed by atoms with Gasteiger partial charge in [-0.3, -0.25) is 4.90 Å². The summed E-state index contributed by atoms with van der Waals surface area (Å²) in [5.74, 6) is 0.877. The van der Waals surface area contributed by atoms with Crippen LogP contribution in [-0.4, -0.2) is 55.4 Å². The molecule has 0 aliphatic carbocycles. The van der Waals surface area contributed by atoms with E-state index in [1.54, 1.807) is 11.3 Å². The lowest BCUT2D eigenvalue weighted by atomic mass is 10.1. The summed E-state index contributed by atoms with van der Waals surface area (Å²) in [6, 6.07) is 23.2. The number of urea groups is 1. The number of hydrogen-bond acceptors (Lipinski definition) is 6. The van der Waals surface area contributed by atoms with E-state index in [1.807, 2.05) is 67.6 Å². The van der Waals surface area contributed by atoms with Gasteiger partial charge in [-0.05, 0) is 61.9 Å². The van der Waals surface area contributed by atoms with Crippen molar-refractivity contribution in [3.8, 4) is 27.6 Å². The van der Waals surface area contributed by atoms with Crippen LogP contribution in [-0.2, 0) is 4.74 Å². The summed E-state index contributed by atoms with van der Waals surface area (Å²) in [5, 5.41) is 8.72. The van der Waals surface area contributed by atoms with Gasteiger partial charge in [0, 0.05) is 47.5 Å². The zero-order valence-electron chi connectivity index (χ0n) is 21.5. The predicted molar refractivity (Wildman–Crippen MR) is 154 cm³/mol. The minimum Gasteiger partial charge on any atom is -0.494 e. The van der Waals surface area contributed by atoms with Gasteiger partial charge in [0.15, 0.2) is 0 Å². The normalized spacial score (nSPS) is 13.7. The van der Waals surface area contributed by atoms with Crippen molar-refractivity contribution in [1.82, 2.24) is 9.88 Å². The largest absolute Gasteiger partial charge is 0.494 e. The van der Waals surface area contributed by atoms with Crippen LogP contribution in [0.15, 0.2) is 78.2 Å². The molecule has 1 aromatic heterocycles. The smallest absolute Gasteiger partial charge is 0.323 e. The van der Waals surface area contributed by atoms with Crippen molar-refractivity contribution in [1.29, 1.82) is 0 Å². The number of nitrogens with one attached hydrogen (secondary N) is 2. The molecule has 1 fully saturated rings. The molecule has 2 N–H and O–H groups in total. The molecule has 3 aromatic carbocycles. The summed E-state index contributed by atoms with van der Waals surface area (Å²) >= 11 is 1.61. The zero-order valence-corrected chi connectivity index (χ0v) is 22.3. The highest BCUT2D eigenvalue weighted by Crippen LogP contribution is 2.30. The molecule has 5 rings (SSSR count). The number of carbonyl (C=O) groups excluding carboxylic acids is 1. The number of nitrogens with zero attached hydrogens (tertiary/aromatic N) is 2. The maximum atomic E-state index is 12.3. The lowest BCUT2D eigenvalue weighted by molar-refractivity contribution is 0.0358. The monoisotopic (exact) mass is 528 g/mol. The van der Waals surface area contributed by atoms with E-state index in [4.69, 9.17) is 14.5 Å². The first-order chi connectivity index (χ1) is 18.6. The number of thiazole rings is 1. The van der Waals surface area contributed by atoms with Gasteiger partial charge in [0.2, 0.25) is 0 Å². The maximum absolute atomic E-state index is 12.3. The van der Waals surface area contributed by atoms with Crippen LogP contribution >= 0.6 is 11.3 Å². The maximum Gasteiger partial charge on any atom is 0.323 e. The minimum atomic E-state index is -0.276. The minimum absolute atomic E-state index is 0.276. The van der Waals surface area contributed by atoms with E-state index in [-0.39, 0.29) is 6.03 Å². The van der Waals surface area contributed by atoms with E-state index < -0.39 is 0 Å². The number of aryl methyl sites for hydroxylation is 1. The summed E-state index contributed by atoms with van der Waals surface area (Å²) < 4.78 is 11.3. The number of amides is 2. The summed E-state index contributed by atoms with van der Waals surface area (Å²) in [7, 11) is 0. The molecule has 2 heterocycles. The Morgan fingerprint density at radius 3 is 2.24 bits per heavy atom. The van der Waals surface area contributed by atoms with Gasteiger partial charge in [0.1, 0.15) is 10.8 Å². The number of carbonyl (C=O) groups is 1. The molecule has 0 radical (unpaired) electrons. The SMILES string of the molecule is Cc1ccc(NC(=O)Nc2ccc(-c3csc(-c4ccc(OCCCN5CCOCC5)cc4)n3)cc2)cc1. The van der Waals surface area contributed by atoms with E-state index in [0.717, 1.165) is 78.1 Å². The summed E-state index contributed by atoms with van der Waals surface area (Å²) in [6.07, 6.45) is 1.00. The summed E-state index contributed by atoms with van der Waals surface area (Å²) in [6.45, 7) is 7.44. The Morgan fingerprint density at radius 2 is 1.55 bits per heavy atom. The molecule has 0 bridgehead atoms. The fourth-order valence-corrected chi connectivity index (χ4v) is 5.03. The summed E-state index contributed by atoms with van der Waals surface area (Å²) in [5.41, 5.74) is 5.58. The number of ether oxygens (including phenoxy) is 2. The molecule has 1 aliphatic heterocycles. The lowest BCUT2D eigenvalue weighted by Crippen LogP contribution is -2.37. The molecule has 1 aliphatic rings. The van der Waals surface area contributed by atoms with Crippen molar-refractivity contribution >= 4 is 28.7 Å². The van der Waals surface area contributed by atoms with Crippen LogP contribution in [0.1, 0.15) is 12.0 Å². The Morgan fingerprint density at radius 1 is 0.921 bits per heavy atom. The highest BCUT2D eigenvalue weighted by Gasteiger charge is 2.10. The zero-order chi connectivity index (χ0) is 26.2. The van der Waals surface area contributed by atoms with Gasteiger partial charge < -0.3 is 20.1 Å². The van der Waals surface area contributed by atoms with Gasteiger partial charge in [0.25, 0.3) is 0 Å². The van der Waals surface area contributed by atoms with Gasteiger partial charge in [-0.25, -0.2) is 9.78 Å². The predicted octanol–water partition coefficient (Wildman–Crippen LogP) is 6.53. The van der Waals surface area contributed by atoms with Crippen molar-refractivity contribution in [2.24, 2.45) is 0 Å². The number of morpholine rings is 1. The van der Waals surface area contributed by atoms with Crippen molar-refractivity contribution in [2.45, 2.75) is 13.3 Å². The molecule has 7 nitrogen and oxygen atoms in total. The topological polar surface area (TPSA) is 75.7 Å². The average Bonchev–Trinajstić information content (AvgIpc) is 3.44. The number of rotatable bonds is 9. The Bertz CT molecular complexity index is 1320. The second-order valence-corrected chi connectivity index (χ2v) is 10.1. The third kappa shape index (κ3) is 7.19. The van der Waals surface area contributed by atoms with Crippen LogP contribution in [0.2, 0.25) is 0 Å². The second kappa shape index (κ2) is 12.7. The van der Waals surface area contributed by atoms with Crippen LogP contribution < -0.4 is 15.4 Å². The molecule has 38 heavy (non-hydrogen) atoms. The molecule has 4 aromatic rings. The fourth-order valence-electron chi connectivity index (χ4n) is 4.19. The number of benzene rings is 3. The molecular formula is C30H32N4O3S. The van der Waals surface area contributed by atoms with Crippen LogP contribution in [0, 0.1) is 6.92 Å². The van der Waals surface area contributed by atoms with E-state index >= 15 is 0 Å². The van der Waals surface area contributed by atoms with Crippen molar-refractivity contribution in [3.63, 3.8) is 0 Å². The quantitative estimate of drug-likeness (QED) is 0.242. The average molecular weight is 529 g/mol.